The average molecular weight is 967 g/mol. The lowest BCUT2D eigenvalue weighted by atomic mass is 10.0. The van der Waals surface area contributed by atoms with Crippen LogP contribution in [0.3, 0.4) is 0 Å². The number of fused-ring (bicyclic) bond motifs is 1. The van der Waals surface area contributed by atoms with E-state index in [2.05, 4.69) is 33.4 Å². The Hall–Kier alpha value is -2.38. The number of ether oxygens (including phenoxy) is 13. The van der Waals surface area contributed by atoms with Crippen LogP contribution in [-0.4, -0.2) is 219 Å². The maximum absolute atomic E-state index is 12.1. The minimum atomic E-state index is -0.381. The molecule has 66 heavy (non-hydrogen) atoms. The zero-order valence-corrected chi connectivity index (χ0v) is 40.2. The molecule has 3 rings (SSSR count). The minimum Gasteiger partial charge on any atom is -0.446 e. The first kappa shape index (κ1) is 57.9. The first-order valence-corrected chi connectivity index (χ1v) is 25.1. The van der Waals surface area contributed by atoms with Gasteiger partial charge < -0.3 is 82.8 Å². The van der Waals surface area contributed by atoms with Crippen molar-refractivity contribution < 1.29 is 76.0 Å². The van der Waals surface area contributed by atoms with E-state index in [0.29, 0.717) is 183 Å². The van der Waals surface area contributed by atoms with E-state index in [9.17, 15) is 14.4 Å². The maximum Gasteiger partial charge on any atom is 0.407 e. The first-order valence-electron chi connectivity index (χ1n) is 24.1. The van der Waals surface area contributed by atoms with Gasteiger partial charge in [0.25, 0.3) is 0 Å². The van der Waals surface area contributed by atoms with Crippen molar-refractivity contribution in [1.82, 2.24) is 21.3 Å². The number of carbonyl (C=O) groups excluding carboxylic acids is 3. The van der Waals surface area contributed by atoms with E-state index in [0.717, 1.165) is 57.1 Å². The highest BCUT2D eigenvalue weighted by Gasteiger charge is 2.42. The molecule has 2 fully saturated rings. The summed E-state index contributed by atoms with van der Waals surface area (Å²) >= 11 is 1.90. The van der Waals surface area contributed by atoms with E-state index in [-0.39, 0.29) is 36.2 Å². The van der Waals surface area contributed by atoms with Crippen LogP contribution in [0.15, 0.2) is 12.2 Å². The summed E-state index contributed by atoms with van der Waals surface area (Å²) in [5, 5.41) is 12.0. The van der Waals surface area contributed by atoms with Crippen LogP contribution in [0.25, 0.3) is 0 Å². The molecular formula is C45H82N4O16S. The lowest BCUT2D eigenvalue weighted by Crippen LogP contribution is -2.36. The number of rotatable bonds is 45. The summed E-state index contributed by atoms with van der Waals surface area (Å²) in [6.45, 7) is 12.2. The van der Waals surface area contributed by atoms with Crippen molar-refractivity contribution in [3.05, 3.63) is 12.2 Å². The van der Waals surface area contributed by atoms with Gasteiger partial charge in [-0.25, -0.2) is 9.59 Å². The molecule has 2 saturated heterocycles. The Morgan fingerprint density at radius 1 is 0.530 bits per heavy atom. The molecule has 0 aromatic carbocycles. The standard InChI is InChI=1S/C45H82N4O16S/c50-42(11-7-6-10-41-43-40(38-66-41)48-44(51)49-43)46-12-14-53-16-18-55-20-22-57-24-26-59-28-30-61-32-34-63-36-37-64-35-33-62-31-29-60-27-25-58-23-21-56-19-17-54-15-13-47-45(52)65-39-8-4-2-1-3-5-9-39/h1-2,39-41,43H,3-38H2,(H,46,50)(H,47,52)(H2,48,49,51)/b2-1+/t39?,40-,41-,43-/m0/s1. The number of nitrogens with one attached hydrogen (secondary N) is 4. The largest absolute Gasteiger partial charge is 0.446 e. The third kappa shape index (κ3) is 33.2. The van der Waals surface area contributed by atoms with Gasteiger partial charge in [0.2, 0.25) is 5.91 Å². The molecule has 3 aliphatic rings. The molecule has 0 saturated carbocycles. The Kier molecular flexibility index (Phi) is 37.5. The number of urea groups is 1. The van der Waals surface area contributed by atoms with E-state index < -0.39 is 0 Å². The number of hydrogen-bond donors (Lipinski definition) is 4. The van der Waals surface area contributed by atoms with Crippen molar-refractivity contribution in [1.29, 1.82) is 0 Å². The van der Waals surface area contributed by atoms with E-state index in [1.54, 1.807) is 0 Å². The van der Waals surface area contributed by atoms with Crippen LogP contribution < -0.4 is 21.3 Å². The number of unbranched alkanes of at least 4 members (excludes halogenated alkanes) is 1. The van der Waals surface area contributed by atoms with Crippen molar-refractivity contribution in [3.63, 3.8) is 0 Å². The molecule has 0 aromatic heterocycles. The third-order valence-electron chi connectivity index (χ3n) is 10.2. The van der Waals surface area contributed by atoms with Gasteiger partial charge in [-0.15, -0.1) is 0 Å². The molecule has 0 bridgehead atoms. The minimum absolute atomic E-state index is 0.0141. The lowest BCUT2D eigenvalue weighted by Gasteiger charge is -2.18. The fourth-order valence-electron chi connectivity index (χ4n) is 6.81. The zero-order chi connectivity index (χ0) is 46.6. The Morgan fingerprint density at radius 3 is 1.42 bits per heavy atom. The molecule has 0 spiro atoms. The van der Waals surface area contributed by atoms with Crippen LogP contribution in [0.5, 0.6) is 0 Å². The predicted molar refractivity (Wildman–Crippen MR) is 247 cm³/mol. The van der Waals surface area contributed by atoms with Crippen LogP contribution in [0.1, 0.15) is 57.8 Å². The molecule has 0 radical (unpaired) electrons. The summed E-state index contributed by atoms with van der Waals surface area (Å²) in [5.74, 6) is 0.996. The number of carbonyl (C=O) groups is 3. The number of thioether (sulfide) groups is 1. The molecule has 1 unspecified atom stereocenters. The van der Waals surface area contributed by atoms with Crippen molar-refractivity contribution in [3.8, 4) is 0 Å². The SMILES string of the molecule is O=C(CCCC[C@@H]1SC[C@@H]2NC(=O)N[C@@H]21)NCCOCCOCCOCCOCCOCCOCCOCCOCCOCCOCCOCCOCCNC(=O)OC1CC/C=C/CCC1. The summed E-state index contributed by atoms with van der Waals surface area (Å²) in [4.78, 5) is 35.5. The Bertz CT molecular complexity index is 1220. The molecule has 21 heteroatoms. The topological polar surface area (TPSA) is 219 Å². The van der Waals surface area contributed by atoms with E-state index in [1.807, 2.05) is 11.8 Å². The molecule has 2 heterocycles. The van der Waals surface area contributed by atoms with Gasteiger partial charge in [-0.05, 0) is 44.9 Å². The molecular weight excluding hydrogens is 885 g/mol. The number of amides is 4. The summed E-state index contributed by atoms with van der Waals surface area (Å²) in [6.07, 6.45) is 12.1. The van der Waals surface area contributed by atoms with Crippen molar-refractivity contribution in [2.45, 2.75) is 81.2 Å². The van der Waals surface area contributed by atoms with Crippen molar-refractivity contribution >= 4 is 29.8 Å². The molecule has 384 valence electrons. The molecule has 4 amide bonds. The van der Waals surface area contributed by atoms with Gasteiger partial charge >= 0.3 is 12.1 Å². The Morgan fingerprint density at radius 2 is 0.955 bits per heavy atom. The highest BCUT2D eigenvalue weighted by molar-refractivity contribution is 8.00. The second-order valence-corrected chi connectivity index (χ2v) is 16.8. The highest BCUT2D eigenvalue weighted by atomic mass is 32.2. The Labute approximate surface area is 396 Å². The van der Waals surface area contributed by atoms with Crippen LogP contribution in [0.4, 0.5) is 9.59 Å². The van der Waals surface area contributed by atoms with Gasteiger partial charge in [-0.1, -0.05) is 18.6 Å². The Balaban J connectivity index is 0.878. The van der Waals surface area contributed by atoms with Gasteiger partial charge in [0.15, 0.2) is 0 Å². The van der Waals surface area contributed by atoms with Crippen molar-refractivity contribution in [2.75, 3.05) is 177 Å². The molecule has 4 N–H and O–H groups in total. The van der Waals surface area contributed by atoms with E-state index in [1.165, 1.54) is 0 Å². The van der Waals surface area contributed by atoms with Gasteiger partial charge in [-0.2, -0.15) is 11.8 Å². The van der Waals surface area contributed by atoms with Crippen molar-refractivity contribution in [2.24, 2.45) is 0 Å². The second-order valence-electron chi connectivity index (χ2n) is 15.5. The highest BCUT2D eigenvalue weighted by Crippen LogP contribution is 2.33. The summed E-state index contributed by atoms with van der Waals surface area (Å²) in [5.41, 5.74) is 0. The van der Waals surface area contributed by atoms with Crippen LogP contribution in [-0.2, 0) is 66.4 Å². The average Bonchev–Trinajstić information content (AvgIpc) is 3.86. The van der Waals surface area contributed by atoms with Crippen LogP contribution in [0.2, 0.25) is 0 Å². The number of alkyl carbamates (subject to hydrolysis) is 1. The van der Waals surface area contributed by atoms with Crippen LogP contribution in [0, 0.1) is 0 Å². The van der Waals surface area contributed by atoms with Gasteiger partial charge in [0.1, 0.15) is 6.10 Å². The fourth-order valence-corrected chi connectivity index (χ4v) is 8.35. The molecule has 1 aliphatic carbocycles. The predicted octanol–water partition coefficient (Wildman–Crippen LogP) is 2.64. The van der Waals surface area contributed by atoms with Gasteiger partial charge in [0, 0.05) is 30.5 Å². The van der Waals surface area contributed by atoms with E-state index >= 15 is 0 Å². The molecule has 20 nitrogen and oxygen atoms in total. The third-order valence-corrected chi connectivity index (χ3v) is 11.8. The fraction of sp³-hybridized carbons (Fsp3) is 0.889. The lowest BCUT2D eigenvalue weighted by molar-refractivity contribution is -0.121. The number of hydrogen-bond acceptors (Lipinski definition) is 17. The first-order chi connectivity index (χ1) is 32.6. The second kappa shape index (κ2) is 42.7. The molecule has 4 atom stereocenters. The zero-order valence-electron chi connectivity index (χ0n) is 39.4. The summed E-state index contributed by atoms with van der Waals surface area (Å²) in [6, 6.07) is 0.396. The van der Waals surface area contributed by atoms with Gasteiger partial charge in [-0.3, -0.25) is 4.79 Å². The monoisotopic (exact) mass is 967 g/mol. The van der Waals surface area contributed by atoms with Crippen LogP contribution >= 0.6 is 11.8 Å². The summed E-state index contributed by atoms with van der Waals surface area (Å²) < 4.78 is 71.6. The molecule has 2 aliphatic heterocycles. The quantitative estimate of drug-likeness (QED) is 0.0392. The summed E-state index contributed by atoms with van der Waals surface area (Å²) in [7, 11) is 0. The number of allylic oxidation sites excluding steroid dienone is 2. The normalized spacial score (nSPS) is 19.7. The maximum atomic E-state index is 12.1. The molecule has 0 aromatic rings. The smallest absolute Gasteiger partial charge is 0.407 e. The van der Waals surface area contributed by atoms with E-state index in [4.69, 9.17) is 61.6 Å². The van der Waals surface area contributed by atoms with Gasteiger partial charge in [0.05, 0.1) is 171 Å².